The van der Waals surface area contributed by atoms with E-state index >= 15 is 0 Å². The Morgan fingerprint density at radius 3 is 3.10 bits per heavy atom. The smallest absolute Gasteiger partial charge is 0.173 e. The topological polar surface area (TPSA) is 74.7 Å². The Morgan fingerprint density at radius 1 is 1.45 bits per heavy atom. The average Bonchev–Trinajstić information content (AvgIpc) is 2.93. The lowest BCUT2D eigenvalue weighted by Crippen LogP contribution is -2.32. The van der Waals surface area contributed by atoms with Crippen LogP contribution in [0, 0.1) is 6.92 Å². The second kappa shape index (κ2) is 5.13. The molecule has 0 fully saturated rings. The van der Waals surface area contributed by atoms with Gasteiger partial charge in [0.2, 0.25) is 0 Å². The fourth-order valence-electron chi connectivity index (χ4n) is 2.47. The van der Waals surface area contributed by atoms with Crippen molar-refractivity contribution in [1.82, 2.24) is 4.98 Å². The number of nitrogens with zero attached hydrogens (tertiary/aromatic N) is 3. The minimum absolute atomic E-state index is 0.101. The average molecular weight is 288 g/mol. The van der Waals surface area contributed by atoms with E-state index in [4.69, 9.17) is 10.9 Å². The summed E-state index contributed by atoms with van der Waals surface area (Å²) in [6.45, 7) is 3.66. The summed E-state index contributed by atoms with van der Waals surface area (Å²) in [4.78, 5) is 8.21. The number of nitrogens with two attached hydrogens (primary N) is 1. The van der Waals surface area contributed by atoms with Crippen LogP contribution < -0.4 is 10.6 Å². The van der Waals surface area contributed by atoms with Gasteiger partial charge in [-0.15, -0.1) is 11.3 Å². The van der Waals surface area contributed by atoms with Crippen LogP contribution in [-0.2, 0) is 13.0 Å². The van der Waals surface area contributed by atoms with Crippen molar-refractivity contribution in [3.8, 4) is 0 Å². The summed E-state index contributed by atoms with van der Waals surface area (Å²) in [7, 11) is 0. The second-order valence-corrected chi connectivity index (χ2v) is 5.85. The minimum atomic E-state index is 0.101. The van der Waals surface area contributed by atoms with Crippen molar-refractivity contribution in [2.75, 3.05) is 11.4 Å². The molecule has 0 aliphatic carbocycles. The number of aromatic nitrogens is 1. The molecular formula is C14H16N4OS. The van der Waals surface area contributed by atoms with Crippen molar-refractivity contribution >= 4 is 23.0 Å². The summed E-state index contributed by atoms with van der Waals surface area (Å²) in [5, 5.41) is 14.2. The van der Waals surface area contributed by atoms with E-state index in [9.17, 15) is 0 Å². The predicted molar refractivity (Wildman–Crippen MR) is 80.6 cm³/mol. The van der Waals surface area contributed by atoms with Gasteiger partial charge in [-0.1, -0.05) is 5.16 Å². The van der Waals surface area contributed by atoms with E-state index in [0.717, 1.165) is 31.0 Å². The first-order valence-electron chi connectivity index (χ1n) is 6.45. The van der Waals surface area contributed by atoms with Gasteiger partial charge in [0.05, 0.1) is 5.56 Å². The highest BCUT2D eigenvalue weighted by atomic mass is 32.1. The number of anilines is 1. The van der Waals surface area contributed by atoms with Gasteiger partial charge in [-0.2, -0.15) is 0 Å². The summed E-state index contributed by atoms with van der Waals surface area (Å²) >= 11 is 1.81. The molecule has 3 heterocycles. The third-order valence-electron chi connectivity index (χ3n) is 3.51. The minimum Gasteiger partial charge on any atom is -0.409 e. The van der Waals surface area contributed by atoms with E-state index in [1.165, 1.54) is 10.4 Å². The van der Waals surface area contributed by atoms with Gasteiger partial charge in [0.1, 0.15) is 5.82 Å². The predicted octanol–water partition coefficient (Wildman–Crippen LogP) is 2.11. The molecule has 1 aliphatic rings. The summed E-state index contributed by atoms with van der Waals surface area (Å²) in [6.07, 6.45) is 1.01. The number of aryl methyl sites for hydroxylation is 1. The lowest BCUT2D eigenvalue weighted by atomic mass is 10.1. The first kappa shape index (κ1) is 12.9. The van der Waals surface area contributed by atoms with Gasteiger partial charge in [-0.05, 0) is 42.5 Å². The summed E-state index contributed by atoms with van der Waals surface area (Å²) in [6, 6.07) is 5.89. The molecule has 1 aliphatic heterocycles. The molecule has 0 unspecified atom stereocenters. The normalized spacial score (nSPS) is 15.2. The number of hydrogen-bond donors (Lipinski definition) is 2. The standard InChI is InChI=1S/C14H16N4OS/c1-9-2-3-11(13(15)17-19)14(16-9)18-6-4-12-10(8-18)5-7-20-12/h2-3,5,7,19H,4,6,8H2,1H3,(H2,15,17). The molecule has 6 heteroatoms. The Morgan fingerprint density at radius 2 is 2.30 bits per heavy atom. The first-order valence-corrected chi connectivity index (χ1v) is 7.32. The molecule has 0 bridgehead atoms. The highest BCUT2D eigenvalue weighted by molar-refractivity contribution is 7.10. The molecular weight excluding hydrogens is 272 g/mol. The van der Waals surface area contributed by atoms with Crippen LogP contribution in [0.4, 0.5) is 5.82 Å². The molecule has 104 valence electrons. The number of thiophene rings is 1. The molecule has 5 nitrogen and oxygen atoms in total. The summed E-state index contributed by atoms with van der Waals surface area (Å²) in [5.41, 5.74) is 8.70. The maximum Gasteiger partial charge on any atom is 0.173 e. The number of rotatable bonds is 2. The highest BCUT2D eigenvalue weighted by Gasteiger charge is 2.22. The van der Waals surface area contributed by atoms with Gasteiger partial charge in [0.25, 0.3) is 0 Å². The Hall–Kier alpha value is -2.08. The number of fused-ring (bicyclic) bond motifs is 1. The zero-order chi connectivity index (χ0) is 14.1. The van der Waals surface area contributed by atoms with Gasteiger partial charge in [0, 0.05) is 23.7 Å². The van der Waals surface area contributed by atoms with Crippen LogP contribution in [0.1, 0.15) is 21.7 Å². The van der Waals surface area contributed by atoms with E-state index in [1.807, 2.05) is 19.1 Å². The van der Waals surface area contributed by atoms with Crippen LogP contribution in [0.15, 0.2) is 28.7 Å². The van der Waals surface area contributed by atoms with Crippen LogP contribution in [0.25, 0.3) is 0 Å². The summed E-state index contributed by atoms with van der Waals surface area (Å²) in [5.74, 6) is 0.890. The third kappa shape index (κ3) is 2.22. The second-order valence-electron chi connectivity index (χ2n) is 4.85. The lowest BCUT2D eigenvalue weighted by molar-refractivity contribution is 0.318. The largest absolute Gasteiger partial charge is 0.409 e. The number of hydrogen-bond acceptors (Lipinski definition) is 5. The Balaban J connectivity index is 2.00. The monoisotopic (exact) mass is 288 g/mol. The molecule has 0 spiro atoms. The van der Waals surface area contributed by atoms with Crippen LogP contribution in [-0.4, -0.2) is 22.6 Å². The Labute approximate surface area is 121 Å². The lowest BCUT2D eigenvalue weighted by Gasteiger charge is -2.29. The molecule has 3 N–H and O–H groups in total. The Bertz CT molecular complexity index is 665. The molecule has 0 amide bonds. The Kier molecular flexibility index (Phi) is 3.31. The van der Waals surface area contributed by atoms with Crippen LogP contribution in [0.2, 0.25) is 0 Å². The highest BCUT2D eigenvalue weighted by Crippen LogP contribution is 2.28. The maximum atomic E-state index is 8.92. The molecule has 20 heavy (non-hydrogen) atoms. The molecule has 0 aromatic carbocycles. The van der Waals surface area contributed by atoms with E-state index in [1.54, 1.807) is 11.3 Å². The van der Waals surface area contributed by atoms with Crippen LogP contribution >= 0.6 is 11.3 Å². The zero-order valence-electron chi connectivity index (χ0n) is 11.2. The molecule has 0 radical (unpaired) electrons. The van der Waals surface area contributed by atoms with Crippen molar-refractivity contribution in [2.45, 2.75) is 19.9 Å². The van der Waals surface area contributed by atoms with E-state index < -0.39 is 0 Å². The van der Waals surface area contributed by atoms with Crippen LogP contribution in [0.5, 0.6) is 0 Å². The van der Waals surface area contributed by atoms with Crippen LogP contribution in [0.3, 0.4) is 0 Å². The van der Waals surface area contributed by atoms with Crippen molar-refractivity contribution in [3.05, 3.63) is 45.3 Å². The van der Waals surface area contributed by atoms with Gasteiger partial charge in [-0.25, -0.2) is 4.98 Å². The molecule has 0 atom stereocenters. The number of oxime groups is 1. The molecule has 0 saturated carbocycles. The molecule has 2 aromatic heterocycles. The fraction of sp³-hybridized carbons (Fsp3) is 0.286. The SMILES string of the molecule is Cc1ccc(C(N)=NO)c(N2CCc3sccc3C2)n1. The molecule has 2 aromatic rings. The van der Waals surface area contributed by atoms with Crippen molar-refractivity contribution in [3.63, 3.8) is 0 Å². The number of amidine groups is 1. The van der Waals surface area contributed by atoms with Gasteiger partial charge in [-0.3, -0.25) is 0 Å². The third-order valence-corrected chi connectivity index (χ3v) is 4.53. The van der Waals surface area contributed by atoms with E-state index in [2.05, 4.69) is 26.5 Å². The van der Waals surface area contributed by atoms with Crippen molar-refractivity contribution in [1.29, 1.82) is 0 Å². The number of pyridine rings is 1. The van der Waals surface area contributed by atoms with Crippen molar-refractivity contribution in [2.24, 2.45) is 10.9 Å². The molecule has 0 saturated heterocycles. The van der Waals surface area contributed by atoms with Gasteiger partial charge < -0.3 is 15.8 Å². The zero-order valence-corrected chi connectivity index (χ0v) is 12.0. The molecule has 3 rings (SSSR count). The van der Waals surface area contributed by atoms with Gasteiger partial charge in [0.15, 0.2) is 5.84 Å². The summed E-state index contributed by atoms with van der Waals surface area (Å²) < 4.78 is 0. The first-order chi connectivity index (χ1) is 9.69. The maximum absolute atomic E-state index is 8.92. The van der Waals surface area contributed by atoms with E-state index in [0.29, 0.717) is 5.56 Å². The quantitative estimate of drug-likeness (QED) is 0.384. The fourth-order valence-corrected chi connectivity index (χ4v) is 3.36. The van der Waals surface area contributed by atoms with Gasteiger partial charge >= 0.3 is 0 Å². The van der Waals surface area contributed by atoms with Crippen molar-refractivity contribution < 1.29 is 5.21 Å². The van der Waals surface area contributed by atoms with E-state index in [-0.39, 0.29) is 5.84 Å².